The van der Waals surface area contributed by atoms with Crippen molar-refractivity contribution in [2.45, 2.75) is 58.2 Å². The van der Waals surface area contributed by atoms with Gasteiger partial charge in [0.25, 0.3) is 5.91 Å². The molecular weight excluding hydrogens is 228 g/mol. The topological polar surface area (TPSA) is 59.5 Å². The van der Waals surface area contributed by atoms with Crippen LogP contribution in [-0.4, -0.2) is 22.9 Å². The summed E-state index contributed by atoms with van der Waals surface area (Å²) >= 11 is 0. The van der Waals surface area contributed by atoms with Gasteiger partial charge >= 0.3 is 0 Å². The molecule has 1 saturated carbocycles. The maximum absolute atomic E-state index is 12.5. The molecule has 1 aliphatic rings. The van der Waals surface area contributed by atoms with Gasteiger partial charge < -0.3 is 15.1 Å². The Hall–Kier alpha value is -1.29. The summed E-state index contributed by atoms with van der Waals surface area (Å²) in [6.45, 7) is 4.47. The predicted octanol–water partition coefficient (Wildman–Crippen LogP) is 2.53. The van der Waals surface area contributed by atoms with Gasteiger partial charge in [0.1, 0.15) is 12.0 Å². The minimum Gasteiger partial charge on any atom is -0.467 e. The first kappa shape index (κ1) is 13.1. The molecule has 100 valence electrons. The van der Waals surface area contributed by atoms with Crippen LogP contribution in [0.15, 0.2) is 16.7 Å². The molecule has 1 fully saturated rings. The van der Waals surface area contributed by atoms with E-state index in [1.807, 2.05) is 4.90 Å². The fraction of sp³-hybridized carbons (Fsp3) is 0.643. The molecule has 2 rings (SSSR count). The second kappa shape index (κ2) is 5.57. The molecule has 0 atom stereocenters. The van der Waals surface area contributed by atoms with Crippen molar-refractivity contribution in [2.24, 2.45) is 5.73 Å². The SMILES string of the molecule is CC(C)N(C(=O)c1coc(CN)c1)C1CCCC1. The van der Waals surface area contributed by atoms with Crippen LogP contribution < -0.4 is 5.73 Å². The summed E-state index contributed by atoms with van der Waals surface area (Å²) in [6.07, 6.45) is 6.20. The predicted molar refractivity (Wildman–Crippen MR) is 70.2 cm³/mol. The average molecular weight is 250 g/mol. The number of furan rings is 1. The lowest BCUT2D eigenvalue weighted by atomic mass is 10.1. The Morgan fingerprint density at radius 1 is 1.50 bits per heavy atom. The lowest BCUT2D eigenvalue weighted by Crippen LogP contribution is -2.43. The summed E-state index contributed by atoms with van der Waals surface area (Å²) in [5.74, 6) is 0.730. The molecule has 18 heavy (non-hydrogen) atoms. The van der Waals surface area contributed by atoms with Crippen LogP contribution in [0.2, 0.25) is 0 Å². The number of nitrogens with two attached hydrogens (primary N) is 1. The van der Waals surface area contributed by atoms with Crippen molar-refractivity contribution < 1.29 is 9.21 Å². The molecule has 0 unspecified atom stereocenters. The van der Waals surface area contributed by atoms with Crippen LogP contribution in [-0.2, 0) is 6.54 Å². The molecule has 0 aliphatic heterocycles. The summed E-state index contributed by atoms with van der Waals surface area (Å²) in [5, 5.41) is 0. The van der Waals surface area contributed by atoms with Crippen molar-refractivity contribution in [1.82, 2.24) is 4.90 Å². The molecule has 2 N–H and O–H groups in total. The Kier molecular flexibility index (Phi) is 4.07. The normalized spacial score (nSPS) is 16.4. The minimum atomic E-state index is 0.0698. The minimum absolute atomic E-state index is 0.0698. The highest BCUT2D eigenvalue weighted by atomic mass is 16.3. The number of hydrogen-bond donors (Lipinski definition) is 1. The van der Waals surface area contributed by atoms with Gasteiger partial charge in [-0.3, -0.25) is 4.79 Å². The molecule has 0 aromatic carbocycles. The molecule has 1 heterocycles. The number of carbonyl (C=O) groups is 1. The zero-order valence-corrected chi connectivity index (χ0v) is 11.2. The van der Waals surface area contributed by atoms with Crippen molar-refractivity contribution in [3.05, 3.63) is 23.7 Å². The van der Waals surface area contributed by atoms with E-state index in [0.29, 0.717) is 23.9 Å². The van der Waals surface area contributed by atoms with Gasteiger partial charge in [0.2, 0.25) is 0 Å². The first-order valence-corrected chi connectivity index (χ1v) is 6.73. The Labute approximate surface area is 108 Å². The molecule has 0 bridgehead atoms. The number of hydrogen-bond acceptors (Lipinski definition) is 3. The largest absolute Gasteiger partial charge is 0.467 e. The van der Waals surface area contributed by atoms with Crippen LogP contribution in [0.25, 0.3) is 0 Å². The van der Waals surface area contributed by atoms with Crippen LogP contribution in [0.5, 0.6) is 0 Å². The van der Waals surface area contributed by atoms with Gasteiger partial charge in [0.15, 0.2) is 0 Å². The second-order valence-electron chi connectivity index (χ2n) is 5.25. The molecule has 1 amide bonds. The maximum atomic E-state index is 12.5. The van der Waals surface area contributed by atoms with Gasteiger partial charge in [-0.15, -0.1) is 0 Å². The van der Waals surface area contributed by atoms with Crippen LogP contribution in [0.1, 0.15) is 55.6 Å². The van der Waals surface area contributed by atoms with E-state index in [-0.39, 0.29) is 11.9 Å². The van der Waals surface area contributed by atoms with Crippen molar-refractivity contribution >= 4 is 5.91 Å². The van der Waals surface area contributed by atoms with E-state index < -0.39 is 0 Å². The van der Waals surface area contributed by atoms with Crippen molar-refractivity contribution in [3.63, 3.8) is 0 Å². The number of nitrogens with zero attached hydrogens (tertiary/aromatic N) is 1. The Bertz CT molecular complexity index is 406. The van der Waals surface area contributed by atoms with Gasteiger partial charge in [0, 0.05) is 12.1 Å². The summed E-state index contributed by atoms with van der Waals surface area (Å²) < 4.78 is 5.25. The third kappa shape index (κ3) is 2.58. The highest BCUT2D eigenvalue weighted by Crippen LogP contribution is 2.27. The molecular formula is C14H22N2O2. The average Bonchev–Trinajstić information content (AvgIpc) is 2.99. The zero-order chi connectivity index (χ0) is 13.1. The number of carbonyl (C=O) groups excluding carboxylic acids is 1. The van der Waals surface area contributed by atoms with Gasteiger partial charge in [-0.2, -0.15) is 0 Å². The van der Waals surface area contributed by atoms with Crippen molar-refractivity contribution in [2.75, 3.05) is 0 Å². The third-order valence-electron chi connectivity index (χ3n) is 3.61. The quantitative estimate of drug-likeness (QED) is 0.893. The third-order valence-corrected chi connectivity index (χ3v) is 3.61. The smallest absolute Gasteiger partial charge is 0.257 e. The first-order chi connectivity index (χ1) is 8.63. The van der Waals surface area contributed by atoms with Crippen LogP contribution in [0.4, 0.5) is 0 Å². The fourth-order valence-corrected chi connectivity index (χ4v) is 2.75. The molecule has 1 aromatic heterocycles. The van der Waals surface area contributed by atoms with Crippen LogP contribution in [0.3, 0.4) is 0 Å². The van der Waals surface area contributed by atoms with Gasteiger partial charge in [-0.1, -0.05) is 12.8 Å². The molecule has 0 radical (unpaired) electrons. The van der Waals surface area contributed by atoms with Crippen molar-refractivity contribution in [3.8, 4) is 0 Å². The summed E-state index contributed by atoms with van der Waals surface area (Å²) in [4.78, 5) is 14.5. The fourth-order valence-electron chi connectivity index (χ4n) is 2.75. The zero-order valence-electron chi connectivity index (χ0n) is 11.2. The molecule has 4 nitrogen and oxygen atoms in total. The molecule has 0 spiro atoms. The van der Waals surface area contributed by atoms with E-state index in [9.17, 15) is 4.79 Å². The van der Waals surface area contributed by atoms with Crippen LogP contribution in [0, 0.1) is 0 Å². The highest BCUT2D eigenvalue weighted by molar-refractivity contribution is 5.94. The Morgan fingerprint density at radius 3 is 2.67 bits per heavy atom. The monoisotopic (exact) mass is 250 g/mol. The summed E-state index contributed by atoms with van der Waals surface area (Å²) in [5.41, 5.74) is 6.12. The van der Waals surface area contributed by atoms with E-state index >= 15 is 0 Å². The lowest BCUT2D eigenvalue weighted by Gasteiger charge is -2.32. The van der Waals surface area contributed by atoms with Crippen molar-refractivity contribution in [1.29, 1.82) is 0 Å². The van der Waals surface area contributed by atoms with E-state index in [0.717, 1.165) is 12.8 Å². The van der Waals surface area contributed by atoms with E-state index in [4.69, 9.17) is 10.2 Å². The second-order valence-corrected chi connectivity index (χ2v) is 5.25. The van der Waals surface area contributed by atoms with Gasteiger partial charge in [-0.25, -0.2) is 0 Å². The molecule has 1 aromatic rings. The maximum Gasteiger partial charge on any atom is 0.257 e. The van der Waals surface area contributed by atoms with Gasteiger partial charge in [-0.05, 0) is 32.8 Å². The van der Waals surface area contributed by atoms with E-state index in [2.05, 4.69) is 13.8 Å². The summed E-state index contributed by atoms with van der Waals surface area (Å²) in [6, 6.07) is 2.36. The van der Waals surface area contributed by atoms with Crippen LogP contribution >= 0.6 is 0 Å². The number of rotatable bonds is 4. The lowest BCUT2D eigenvalue weighted by molar-refractivity contribution is 0.0612. The summed E-state index contributed by atoms with van der Waals surface area (Å²) in [7, 11) is 0. The molecule has 4 heteroatoms. The molecule has 0 saturated heterocycles. The van der Waals surface area contributed by atoms with Gasteiger partial charge in [0.05, 0.1) is 12.1 Å². The first-order valence-electron chi connectivity index (χ1n) is 6.73. The Balaban J connectivity index is 2.17. The van der Waals surface area contributed by atoms with E-state index in [1.165, 1.54) is 19.1 Å². The number of amides is 1. The highest BCUT2D eigenvalue weighted by Gasteiger charge is 2.30. The molecule has 1 aliphatic carbocycles. The van der Waals surface area contributed by atoms with E-state index in [1.54, 1.807) is 6.07 Å². The standard InChI is InChI=1S/C14H22N2O2/c1-10(2)16(12-5-3-4-6-12)14(17)11-7-13(8-15)18-9-11/h7,9-10,12H,3-6,8,15H2,1-2H3. The Morgan fingerprint density at radius 2 is 2.17 bits per heavy atom.